The number of carbonyl (C=O) groups excluding carboxylic acids is 1. The highest BCUT2D eigenvalue weighted by Gasteiger charge is 2.11. The van der Waals surface area contributed by atoms with Gasteiger partial charge < -0.3 is 15.8 Å². The number of para-hydroxylation sites is 2. The van der Waals surface area contributed by atoms with Crippen LogP contribution in [0.25, 0.3) is 0 Å². The molecule has 0 heterocycles. The molecule has 104 valence electrons. The zero-order valence-corrected chi connectivity index (χ0v) is 11.6. The monoisotopic (exact) mass is 270 g/mol. The zero-order valence-electron chi connectivity index (χ0n) is 11.6. The number of nitrogen functional groups attached to an aromatic ring is 1. The Morgan fingerprint density at radius 3 is 2.65 bits per heavy atom. The van der Waals surface area contributed by atoms with Crippen molar-refractivity contribution in [2.75, 3.05) is 11.1 Å². The van der Waals surface area contributed by atoms with E-state index in [0.29, 0.717) is 17.1 Å². The molecule has 4 heteroatoms. The van der Waals surface area contributed by atoms with Gasteiger partial charge in [0.05, 0.1) is 5.69 Å². The van der Waals surface area contributed by atoms with Crippen molar-refractivity contribution in [2.45, 2.75) is 20.0 Å². The lowest BCUT2D eigenvalue weighted by Crippen LogP contribution is -2.09. The Balaban J connectivity index is 2.19. The Bertz CT molecular complexity index is 611. The number of nitrogens with two attached hydrogens (primary N) is 1. The summed E-state index contributed by atoms with van der Waals surface area (Å²) in [6.45, 7) is 3.41. The average molecular weight is 270 g/mol. The number of amides is 1. The molecule has 1 unspecified atom stereocenters. The smallest absolute Gasteiger partial charge is 0.221 e. The van der Waals surface area contributed by atoms with E-state index in [0.717, 1.165) is 5.56 Å². The normalized spacial score (nSPS) is 11.7. The SMILES string of the molecule is CC(=O)Nc1ccccc1OC(C)c1cccc(N)c1. The van der Waals surface area contributed by atoms with Gasteiger partial charge in [-0.2, -0.15) is 0 Å². The van der Waals surface area contributed by atoms with E-state index in [2.05, 4.69) is 5.32 Å². The molecule has 3 N–H and O–H groups in total. The van der Waals surface area contributed by atoms with Crippen LogP contribution in [0.5, 0.6) is 5.75 Å². The van der Waals surface area contributed by atoms with E-state index >= 15 is 0 Å². The lowest BCUT2D eigenvalue weighted by atomic mass is 10.1. The van der Waals surface area contributed by atoms with Gasteiger partial charge >= 0.3 is 0 Å². The third-order valence-corrected chi connectivity index (χ3v) is 2.88. The van der Waals surface area contributed by atoms with E-state index in [4.69, 9.17) is 10.5 Å². The summed E-state index contributed by atoms with van der Waals surface area (Å²) in [6.07, 6.45) is -0.159. The summed E-state index contributed by atoms with van der Waals surface area (Å²) in [5.41, 5.74) is 8.13. The zero-order chi connectivity index (χ0) is 14.5. The van der Waals surface area contributed by atoms with Crippen molar-refractivity contribution in [3.63, 3.8) is 0 Å². The van der Waals surface area contributed by atoms with Crippen LogP contribution in [0.4, 0.5) is 11.4 Å². The molecule has 0 aliphatic heterocycles. The lowest BCUT2D eigenvalue weighted by molar-refractivity contribution is -0.114. The summed E-state index contributed by atoms with van der Waals surface area (Å²) in [5.74, 6) is 0.510. The maximum Gasteiger partial charge on any atom is 0.221 e. The third-order valence-electron chi connectivity index (χ3n) is 2.88. The number of hydrogen-bond acceptors (Lipinski definition) is 3. The lowest BCUT2D eigenvalue weighted by Gasteiger charge is -2.18. The molecule has 0 fully saturated rings. The van der Waals surface area contributed by atoms with Gasteiger partial charge in [0, 0.05) is 12.6 Å². The van der Waals surface area contributed by atoms with Gasteiger partial charge in [0.1, 0.15) is 11.9 Å². The van der Waals surface area contributed by atoms with E-state index in [-0.39, 0.29) is 12.0 Å². The molecule has 2 aromatic rings. The van der Waals surface area contributed by atoms with Gasteiger partial charge in [-0.05, 0) is 36.8 Å². The number of ether oxygens (including phenoxy) is 1. The van der Waals surface area contributed by atoms with Crippen molar-refractivity contribution in [3.05, 3.63) is 54.1 Å². The second-order valence-electron chi connectivity index (χ2n) is 4.61. The van der Waals surface area contributed by atoms with Crippen LogP contribution in [0, 0.1) is 0 Å². The number of anilines is 2. The van der Waals surface area contributed by atoms with E-state index in [1.54, 1.807) is 0 Å². The summed E-state index contributed by atoms with van der Waals surface area (Å²) in [4.78, 5) is 11.2. The second-order valence-corrected chi connectivity index (χ2v) is 4.61. The first-order valence-corrected chi connectivity index (χ1v) is 6.45. The maximum atomic E-state index is 11.2. The Labute approximate surface area is 118 Å². The quantitative estimate of drug-likeness (QED) is 0.837. The predicted molar refractivity (Wildman–Crippen MR) is 80.6 cm³/mol. The highest BCUT2D eigenvalue weighted by atomic mass is 16.5. The Hall–Kier alpha value is -2.49. The van der Waals surface area contributed by atoms with Crippen LogP contribution >= 0.6 is 0 Å². The summed E-state index contributed by atoms with van der Waals surface area (Å²) >= 11 is 0. The first-order valence-electron chi connectivity index (χ1n) is 6.45. The van der Waals surface area contributed by atoms with Gasteiger partial charge in [-0.3, -0.25) is 4.79 Å². The molecule has 1 amide bonds. The van der Waals surface area contributed by atoms with Crippen molar-refractivity contribution in [2.24, 2.45) is 0 Å². The van der Waals surface area contributed by atoms with E-state index in [1.165, 1.54) is 6.92 Å². The highest BCUT2D eigenvalue weighted by Crippen LogP contribution is 2.29. The molecule has 0 spiro atoms. The standard InChI is InChI=1S/C16H18N2O2/c1-11(13-6-5-7-14(17)10-13)20-16-9-4-3-8-15(16)18-12(2)19/h3-11H,17H2,1-2H3,(H,18,19). The fourth-order valence-electron chi connectivity index (χ4n) is 1.93. The van der Waals surface area contributed by atoms with Crippen LogP contribution in [0.15, 0.2) is 48.5 Å². The molecule has 2 rings (SSSR count). The predicted octanol–water partition coefficient (Wildman–Crippen LogP) is 3.37. The van der Waals surface area contributed by atoms with Crippen molar-refractivity contribution in [1.82, 2.24) is 0 Å². The van der Waals surface area contributed by atoms with Crippen LogP contribution in [-0.2, 0) is 4.79 Å². The number of benzene rings is 2. The van der Waals surface area contributed by atoms with Gasteiger partial charge in [-0.25, -0.2) is 0 Å². The van der Waals surface area contributed by atoms with Crippen LogP contribution < -0.4 is 15.8 Å². The number of rotatable bonds is 4. The number of nitrogens with one attached hydrogen (secondary N) is 1. The molecule has 0 saturated heterocycles. The molecule has 20 heavy (non-hydrogen) atoms. The van der Waals surface area contributed by atoms with Crippen LogP contribution in [-0.4, -0.2) is 5.91 Å². The molecule has 0 aliphatic rings. The van der Waals surface area contributed by atoms with Crippen molar-refractivity contribution in [3.8, 4) is 5.75 Å². The summed E-state index contributed by atoms with van der Waals surface area (Å²) < 4.78 is 5.92. The largest absolute Gasteiger partial charge is 0.484 e. The molecule has 0 aromatic heterocycles. The molecule has 4 nitrogen and oxygen atoms in total. The van der Waals surface area contributed by atoms with Gasteiger partial charge in [0.15, 0.2) is 0 Å². The minimum Gasteiger partial charge on any atom is -0.484 e. The van der Waals surface area contributed by atoms with Gasteiger partial charge in [-0.15, -0.1) is 0 Å². The van der Waals surface area contributed by atoms with Gasteiger partial charge in [0.2, 0.25) is 5.91 Å². The Morgan fingerprint density at radius 2 is 1.95 bits per heavy atom. The maximum absolute atomic E-state index is 11.2. The van der Waals surface area contributed by atoms with Crippen LogP contribution in [0.2, 0.25) is 0 Å². The van der Waals surface area contributed by atoms with E-state index in [1.807, 2.05) is 55.5 Å². The summed E-state index contributed by atoms with van der Waals surface area (Å²) in [6, 6.07) is 14.9. The molecule has 2 aromatic carbocycles. The second kappa shape index (κ2) is 6.10. The Morgan fingerprint density at radius 1 is 1.20 bits per heavy atom. The molecule has 0 saturated carbocycles. The first-order chi connectivity index (χ1) is 9.56. The minimum absolute atomic E-state index is 0.127. The third kappa shape index (κ3) is 3.51. The van der Waals surface area contributed by atoms with Crippen LogP contribution in [0.1, 0.15) is 25.5 Å². The Kier molecular flexibility index (Phi) is 4.25. The number of carbonyl (C=O) groups is 1. The fourth-order valence-corrected chi connectivity index (χ4v) is 1.93. The summed E-state index contributed by atoms with van der Waals surface area (Å²) in [5, 5.41) is 2.75. The fraction of sp³-hybridized carbons (Fsp3) is 0.188. The number of hydrogen-bond donors (Lipinski definition) is 2. The summed E-state index contributed by atoms with van der Waals surface area (Å²) in [7, 11) is 0. The van der Waals surface area contributed by atoms with Gasteiger partial charge in [-0.1, -0.05) is 24.3 Å². The van der Waals surface area contributed by atoms with Crippen LogP contribution in [0.3, 0.4) is 0 Å². The molecule has 0 bridgehead atoms. The van der Waals surface area contributed by atoms with Crippen molar-refractivity contribution < 1.29 is 9.53 Å². The average Bonchev–Trinajstić information content (AvgIpc) is 2.40. The molecular formula is C16H18N2O2. The van der Waals surface area contributed by atoms with Crippen molar-refractivity contribution >= 4 is 17.3 Å². The molecular weight excluding hydrogens is 252 g/mol. The topological polar surface area (TPSA) is 64.3 Å². The van der Waals surface area contributed by atoms with Crippen molar-refractivity contribution in [1.29, 1.82) is 0 Å². The molecule has 0 radical (unpaired) electrons. The minimum atomic E-state index is -0.159. The highest BCUT2D eigenvalue weighted by molar-refractivity contribution is 5.90. The molecule has 0 aliphatic carbocycles. The van der Waals surface area contributed by atoms with E-state index in [9.17, 15) is 4.79 Å². The first kappa shape index (κ1) is 13.9. The molecule has 1 atom stereocenters. The van der Waals surface area contributed by atoms with Gasteiger partial charge in [0.25, 0.3) is 0 Å². The van der Waals surface area contributed by atoms with E-state index < -0.39 is 0 Å².